The van der Waals surface area contributed by atoms with Gasteiger partial charge in [0.2, 0.25) is 0 Å². The Labute approximate surface area is 116 Å². The van der Waals surface area contributed by atoms with Crippen molar-refractivity contribution < 1.29 is 7.65 Å². The molecule has 0 aromatic carbocycles. The Hall–Kier alpha value is 0.340. The van der Waals surface area contributed by atoms with Gasteiger partial charge in [-0.2, -0.15) is 0 Å². The van der Waals surface area contributed by atoms with Crippen LogP contribution in [0.3, 0.4) is 0 Å². The van der Waals surface area contributed by atoms with Crippen LogP contribution in [-0.4, -0.2) is 27.8 Å². The van der Waals surface area contributed by atoms with Gasteiger partial charge in [-0.25, -0.2) is 0 Å². The minimum atomic E-state index is -1.86. The second-order valence-corrected chi connectivity index (χ2v) is 14.9. The fourth-order valence-electron chi connectivity index (χ4n) is 1.80. The molecular formula is C14H29InO2. The van der Waals surface area contributed by atoms with Crippen molar-refractivity contribution in [3.63, 3.8) is 0 Å². The van der Waals surface area contributed by atoms with Crippen LogP contribution in [-0.2, 0) is 7.65 Å². The third kappa shape index (κ3) is 11.2. The van der Waals surface area contributed by atoms with Crippen molar-refractivity contribution in [1.82, 2.24) is 0 Å². The molecule has 100 valence electrons. The average Bonchev–Trinajstić information content (AvgIpc) is 2.23. The van der Waals surface area contributed by atoms with Gasteiger partial charge in [-0.05, 0) is 0 Å². The van der Waals surface area contributed by atoms with Crippen molar-refractivity contribution in [2.75, 3.05) is 0 Å². The van der Waals surface area contributed by atoms with Gasteiger partial charge in [-0.3, -0.25) is 0 Å². The van der Waals surface area contributed by atoms with Crippen LogP contribution in [0.4, 0.5) is 0 Å². The van der Waals surface area contributed by atoms with Crippen LogP contribution in [0.5, 0.6) is 0 Å². The quantitative estimate of drug-likeness (QED) is 0.604. The fourth-order valence-corrected chi connectivity index (χ4v) is 5.80. The van der Waals surface area contributed by atoms with Crippen LogP contribution in [0, 0.1) is 5.41 Å². The standard InChI is InChI=1S/C10H20O2.2C2H5.In/c1-10(2,3)8-6-4-5-7-9(11)12;2*1-2;/h4-8H2,1-3H3,(H,11,12);2*1H2,2H3;/q;;;+1/p-1. The molecule has 0 aromatic heterocycles. The zero-order valence-corrected chi connectivity index (χ0v) is 15.6. The van der Waals surface area contributed by atoms with E-state index in [-0.39, 0.29) is 5.97 Å². The minimum absolute atomic E-state index is 0.0743. The molecule has 17 heavy (non-hydrogen) atoms. The Balaban J connectivity index is 3.52. The molecule has 3 heteroatoms. The van der Waals surface area contributed by atoms with E-state index in [0.29, 0.717) is 11.8 Å². The number of rotatable bonds is 8. The van der Waals surface area contributed by atoms with E-state index >= 15 is 0 Å². The Morgan fingerprint density at radius 2 is 1.65 bits per heavy atom. The van der Waals surface area contributed by atoms with Gasteiger partial charge < -0.3 is 0 Å². The summed E-state index contributed by atoms with van der Waals surface area (Å²) in [6.45, 7) is 11.1. The molecule has 0 aliphatic heterocycles. The summed E-state index contributed by atoms with van der Waals surface area (Å²) < 4.78 is 7.83. The Morgan fingerprint density at radius 3 is 2.12 bits per heavy atom. The molecule has 0 rings (SSSR count). The van der Waals surface area contributed by atoms with E-state index in [1.165, 1.54) is 12.8 Å². The van der Waals surface area contributed by atoms with Gasteiger partial charge in [0.05, 0.1) is 0 Å². The molecule has 0 saturated carbocycles. The van der Waals surface area contributed by atoms with E-state index in [1.54, 1.807) is 0 Å². The van der Waals surface area contributed by atoms with Gasteiger partial charge >= 0.3 is 116 Å². The average molecular weight is 344 g/mol. The molecule has 0 saturated heterocycles. The molecular weight excluding hydrogens is 315 g/mol. The van der Waals surface area contributed by atoms with Crippen LogP contribution in [0.2, 0.25) is 8.35 Å². The van der Waals surface area contributed by atoms with Gasteiger partial charge in [0, 0.05) is 0 Å². The molecule has 0 aromatic rings. The first kappa shape index (κ1) is 17.3. The van der Waals surface area contributed by atoms with E-state index in [2.05, 4.69) is 34.6 Å². The second-order valence-electron chi connectivity index (χ2n) is 6.05. The summed E-state index contributed by atoms with van der Waals surface area (Å²) in [6.07, 6.45) is 5.27. The van der Waals surface area contributed by atoms with Crippen LogP contribution in [0.1, 0.15) is 66.7 Å². The second kappa shape index (κ2) is 9.29. The first-order chi connectivity index (χ1) is 7.89. The molecule has 0 heterocycles. The summed E-state index contributed by atoms with van der Waals surface area (Å²) >= 11 is -1.86. The Kier molecular flexibility index (Phi) is 9.48. The first-order valence-electron chi connectivity index (χ1n) is 7.08. The van der Waals surface area contributed by atoms with Gasteiger partial charge in [0.15, 0.2) is 0 Å². The molecule has 2 nitrogen and oxygen atoms in total. The summed E-state index contributed by atoms with van der Waals surface area (Å²) in [5.41, 5.74) is 0.423. The van der Waals surface area contributed by atoms with Crippen molar-refractivity contribution in [3.05, 3.63) is 0 Å². The van der Waals surface area contributed by atoms with E-state index in [0.717, 1.165) is 21.2 Å². The Bertz CT molecular complexity index is 205. The zero-order valence-electron chi connectivity index (χ0n) is 12.3. The summed E-state index contributed by atoms with van der Waals surface area (Å²) in [4.78, 5) is 11.6. The molecule has 0 aliphatic rings. The molecule has 0 fully saturated rings. The molecule has 0 atom stereocenters. The van der Waals surface area contributed by atoms with E-state index in [4.69, 9.17) is 2.85 Å². The number of carbonyl (C=O) groups excluding carboxylic acids is 1. The zero-order chi connectivity index (χ0) is 13.3. The fraction of sp³-hybridized carbons (Fsp3) is 0.929. The predicted molar refractivity (Wildman–Crippen MR) is 75.3 cm³/mol. The molecule has 0 N–H and O–H groups in total. The van der Waals surface area contributed by atoms with Gasteiger partial charge in [-0.15, -0.1) is 0 Å². The molecule has 0 amide bonds. The van der Waals surface area contributed by atoms with Crippen molar-refractivity contribution in [2.24, 2.45) is 5.41 Å². The SMILES string of the molecule is C[CH2][In]([CH2]C)[O]C(=O)CCCCCC(C)(C)C. The predicted octanol–water partition coefficient (Wildman–Crippen LogP) is 4.56. The third-order valence-corrected chi connectivity index (χ3v) is 9.92. The normalized spacial score (nSPS) is 11.4. The molecule has 0 radical (unpaired) electrons. The monoisotopic (exact) mass is 344 g/mol. The summed E-state index contributed by atoms with van der Waals surface area (Å²) in [5, 5.41) is 0. The first-order valence-corrected chi connectivity index (χ1v) is 13.1. The number of unbranched alkanes of at least 4 members (excludes halogenated alkanes) is 2. The Morgan fingerprint density at radius 1 is 1.06 bits per heavy atom. The molecule has 0 unspecified atom stereocenters. The maximum atomic E-state index is 11.6. The van der Waals surface area contributed by atoms with Gasteiger partial charge in [0.25, 0.3) is 0 Å². The topological polar surface area (TPSA) is 26.3 Å². The maximum absolute atomic E-state index is 11.6. The van der Waals surface area contributed by atoms with Crippen LogP contribution in [0.25, 0.3) is 0 Å². The van der Waals surface area contributed by atoms with Gasteiger partial charge in [-0.1, -0.05) is 0 Å². The van der Waals surface area contributed by atoms with Crippen LogP contribution < -0.4 is 0 Å². The van der Waals surface area contributed by atoms with Crippen molar-refractivity contribution >= 4 is 27.8 Å². The van der Waals surface area contributed by atoms with Crippen LogP contribution >= 0.6 is 0 Å². The van der Waals surface area contributed by atoms with Crippen molar-refractivity contribution in [2.45, 2.75) is 75.1 Å². The number of hydrogen-bond donors (Lipinski definition) is 0. The summed E-state index contributed by atoms with van der Waals surface area (Å²) in [7, 11) is 0. The number of carbonyl (C=O) groups is 1. The summed E-state index contributed by atoms with van der Waals surface area (Å²) in [5.74, 6) is 0.0743. The van der Waals surface area contributed by atoms with Crippen molar-refractivity contribution in [1.29, 1.82) is 0 Å². The van der Waals surface area contributed by atoms with Crippen molar-refractivity contribution in [3.8, 4) is 0 Å². The van der Waals surface area contributed by atoms with Gasteiger partial charge in [0.1, 0.15) is 0 Å². The van der Waals surface area contributed by atoms with E-state index < -0.39 is 21.9 Å². The van der Waals surface area contributed by atoms with E-state index in [9.17, 15) is 4.79 Å². The molecule has 0 bridgehead atoms. The third-order valence-electron chi connectivity index (χ3n) is 3.02. The van der Waals surface area contributed by atoms with E-state index in [1.807, 2.05) is 0 Å². The number of hydrogen-bond acceptors (Lipinski definition) is 2. The van der Waals surface area contributed by atoms with Crippen LogP contribution in [0.15, 0.2) is 0 Å². The molecule has 0 aliphatic carbocycles. The molecule has 0 spiro atoms. The summed E-state index contributed by atoms with van der Waals surface area (Å²) in [6, 6.07) is 0.